The number of hydrogen-bond donors (Lipinski definition) is 1. The summed E-state index contributed by atoms with van der Waals surface area (Å²) in [7, 11) is 0. The van der Waals surface area contributed by atoms with Crippen molar-refractivity contribution in [1.82, 2.24) is 0 Å². The molecule has 0 bridgehead atoms. The first-order chi connectivity index (χ1) is 7.22. The van der Waals surface area contributed by atoms with E-state index in [1.165, 1.54) is 6.08 Å². The summed E-state index contributed by atoms with van der Waals surface area (Å²) in [6.07, 6.45) is 11.8. The largest absolute Gasteiger partial charge is 0.477 e. The minimum absolute atomic E-state index is 0.256. The van der Waals surface area contributed by atoms with Gasteiger partial charge in [-0.1, -0.05) is 44.1 Å². The van der Waals surface area contributed by atoms with Gasteiger partial charge in [0, 0.05) is 0 Å². The fourth-order valence-corrected chi connectivity index (χ4v) is 0.869. The van der Waals surface area contributed by atoms with E-state index in [4.69, 9.17) is 10.4 Å². The van der Waals surface area contributed by atoms with E-state index in [-0.39, 0.29) is 5.57 Å². The van der Waals surface area contributed by atoms with Crippen LogP contribution in [0.2, 0.25) is 0 Å². The highest BCUT2D eigenvalue weighted by atomic mass is 16.4. The summed E-state index contributed by atoms with van der Waals surface area (Å²) in [5.41, 5.74) is -0.256. The van der Waals surface area contributed by atoms with Gasteiger partial charge in [0.05, 0.1) is 0 Å². The SMILES string of the molecule is CCCCC=CC=CC=C(C#N)C(=O)O. The topological polar surface area (TPSA) is 61.1 Å². The lowest BCUT2D eigenvalue weighted by Crippen LogP contribution is -1.96. The molecule has 0 aromatic rings. The second kappa shape index (κ2) is 8.76. The third-order valence-electron chi connectivity index (χ3n) is 1.70. The van der Waals surface area contributed by atoms with E-state index in [1.807, 2.05) is 12.2 Å². The molecule has 0 aliphatic carbocycles. The Balaban J connectivity index is 4.03. The summed E-state index contributed by atoms with van der Waals surface area (Å²) >= 11 is 0. The third kappa shape index (κ3) is 7.27. The van der Waals surface area contributed by atoms with Crippen LogP contribution in [0, 0.1) is 11.3 Å². The van der Waals surface area contributed by atoms with Gasteiger partial charge in [-0.05, 0) is 12.5 Å². The van der Waals surface area contributed by atoms with Crippen molar-refractivity contribution in [1.29, 1.82) is 5.26 Å². The summed E-state index contributed by atoms with van der Waals surface area (Å²) in [4.78, 5) is 10.4. The molecule has 0 rings (SSSR count). The molecule has 0 fully saturated rings. The van der Waals surface area contributed by atoms with Gasteiger partial charge in [-0.15, -0.1) is 0 Å². The molecule has 0 amide bonds. The number of carboxylic acids is 1. The molecule has 0 spiro atoms. The van der Waals surface area contributed by atoms with E-state index >= 15 is 0 Å². The molecule has 0 aliphatic rings. The molecule has 0 unspecified atom stereocenters. The van der Waals surface area contributed by atoms with Crippen molar-refractivity contribution in [2.45, 2.75) is 26.2 Å². The minimum atomic E-state index is -1.20. The van der Waals surface area contributed by atoms with E-state index < -0.39 is 5.97 Å². The number of hydrogen-bond acceptors (Lipinski definition) is 2. The Morgan fingerprint density at radius 2 is 2.13 bits per heavy atom. The smallest absolute Gasteiger partial charge is 0.346 e. The lowest BCUT2D eigenvalue weighted by molar-refractivity contribution is -0.132. The number of aliphatic carboxylic acids is 1. The second-order valence-electron chi connectivity index (χ2n) is 2.95. The number of nitrogens with zero attached hydrogens (tertiary/aromatic N) is 1. The van der Waals surface area contributed by atoms with Crippen molar-refractivity contribution >= 4 is 5.97 Å². The minimum Gasteiger partial charge on any atom is -0.477 e. The molecule has 0 saturated carbocycles. The van der Waals surface area contributed by atoms with Gasteiger partial charge in [-0.25, -0.2) is 4.79 Å². The van der Waals surface area contributed by atoms with E-state index in [0.29, 0.717) is 0 Å². The molecule has 0 aromatic carbocycles. The average molecular weight is 205 g/mol. The molecule has 0 radical (unpaired) electrons. The molecule has 3 heteroatoms. The highest BCUT2D eigenvalue weighted by Gasteiger charge is 2.01. The van der Waals surface area contributed by atoms with E-state index in [0.717, 1.165) is 19.3 Å². The summed E-state index contributed by atoms with van der Waals surface area (Å²) in [6.45, 7) is 2.12. The Morgan fingerprint density at radius 3 is 2.67 bits per heavy atom. The van der Waals surface area contributed by atoms with Crippen LogP contribution in [0.1, 0.15) is 26.2 Å². The molecule has 0 aromatic heterocycles. The first kappa shape index (κ1) is 13.2. The van der Waals surface area contributed by atoms with E-state index in [2.05, 4.69) is 6.92 Å². The molecule has 0 heterocycles. The maximum Gasteiger partial charge on any atom is 0.346 e. The number of allylic oxidation sites excluding steroid dienone is 5. The standard InChI is InChI=1S/C12H15NO2/c1-2-3-4-5-6-7-8-9-11(10-13)12(14)15/h5-9H,2-4H2,1H3,(H,14,15). The predicted octanol–water partition coefficient (Wildman–Crippen LogP) is 2.82. The van der Waals surface area contributed by atoms with Crippen molar-refractivity contribution in [3.8, 4) is 6.07 Å². The molecule has 15 heavy (non-hydrogen) atoms. The van der Waals surface area contributed by atoms with Crippen molar-refractivity contribution in [2.75, 3.05) is 0 Å². The monoisotopic (exact) mass is 205 g/mol. The zero-order valence-corrected chi connectivity index (χ0v) is 8.81. The molecule has 0 saturated heterocycles. The van der Waals surface area contributed by atoms with Crippen LogP contribution in [0.5, 0.6) is 0 Å². The summed E-state index contributed by atoms with van der Waals surface area (Å²) in [5, 5.41) is 16.9. The third-order valence-corrected chi connectivity index (χ3v) is 1.70. The van der Waals surface area contributed by atoms with Gasteiger partial charge in [0.2, 0.25) is 0 Å². The van der Waals surface area contributed by atoms with Crippen molar-refractivity contribution in [3.05, 3.63) is 36.0 Å². The first-order valence-corrected chi connectivity index (χ1v) is 4.89. The summed E-state index contributed by atoms with van der Waals surface area (Å²) in [5.74, 6) is -1.20. The Morgan fingerprint density at radius 1 is 1.40 bits per heavy atom. The van der Waals surface area contributed by atoms with Gasteiger partial charge in [0.25, 0.3) is 0 Å². The van der Waals surface area contributed by atoms with Crippen LogP contribution in [0.25, 0.3) is 0 Å². The van der Waals surface area contributed by atoms with Crippen molar-refractivity contribution in [3.63, 3.8) is 0 Å². The Hall–Kier alpha value is -1.82. The Labute approximate surface area is 90.0 Å². The normalized spacial score (nSPS) is 12.1. The maximum absolute atomic E-state index is 10.4. The molecular formula is C12H15NO2. The van der Waals surface area contributed by atoms with Crippen LogP contribution in [-0.4, -0.2) is 11.1 Å². The highest BCUT2D eigenvalue weighted by Crippen LogP contribution is 1.96. The maximum atomic E-state index is 10.4. The van der Waals surface area contributed by atoms with Crippen molar-refractivity contribution < 1.29 is 9.90 Å². The molecule has 0 aliphatic heterocycles. The summed E-state index contributed by atoms with van der Waals surface area (Å²) in [6, 6.07) is 1.60. The molecular weight excluding hydrogens is 190 g/mol. The first-order valence-electron chi connectivity index (χ1n) is 4.89. The van der Waals surface area contributed by atoms with Gasteiger partial charge < -0.3 is 5.11 Å². The molecule has 0 atom stereocenters. The fourth-order valence-electron chi connectivity index (χ4n) is 0.869. The van der Waals surface area contributed by atoms with Gasteiger partial charge in [0.1, 0.15) is 11.6 Å². The number of unbranched alkanes of at least 4 members (excludes halogenated alkanes) is 2. The lowest BCUT2D eigenvalue weighted by atomic mass is 10.2. The van der Waals surface area contributed by atoms with Crippen LogP contribution >= 0.6 is 0 Å². The van der Waals surface area contributed by atoms with E-state index in [1.54, 1.807) is 18.2 Å². The Kier molecular flexibility index (Phi) is 7.70. The van der Waals surface area contributed by atoms with Crippen LogP contribution < -0.4 is 0 Å². The molecule has 3 nitrogen and oxygen atoms in total. The van der Waals surface area contributed by atoms with E-state index in [9.17, 15) is 4.79 Å². The van der Waals surface area contributed by atoms with Gasteiger partial charge in [0.15, 0.2) is 0 Å². The van der Waals surface area contributed by atoms with Gasteiger partial charge in [-0.2, -0.15) is 5.26 Å². The van der Waals surface area contributed by atoms with Crippen LogP contribution in [-0.2, 0) is 4.79 Å². The Bertz CT molecular complexity index is 319. The van der Waals surface area contributed by atoms with Crippen LogP contribution in [0.3, 0.4) is 0 Å². The highest BCUT2D eigenvalue weighted by molar-refractivity contribution is 5.91. The average Bonchev–Trinajstić information content (AvgIpc) is 2.21. The number of carboxylic acid groups (broad SMARTS) is 1. The van der Waals surface area contributed by atoms with Crippen LogP contribution in [0.15, 0.2) is 36.0 Å². The predicted molar refractivity (Wildman–Crippen MR) is 59.1 cm³/mol. The number of carbonyl (C=O) groups is 1. The number of nitriles is 1. The second-order valence-corrected chi connectivity index (χ2v) is 2.95. The zero-order chi connectivity index (χ0) is 11.5. The van der Waals surface area contributed by atoms with Crippen LogP contribution in [0.4, 0.5) is 0 Å². The summed E-state index contributed by atoms with van der Waals surface area (Å²) < 4.78 is 0. The lowest BCUT2D eigenvalue weighted by Gasteiger charge is -1.86. The van der Waals surface area contributed by atoms with Gasteiger partial charge >= 0.3 is 5.97 Å². The molecule has 80 valence electrons. The number of rotatable bonds is 6. The van der Waals surface area contributed by atoms with Gasteiger partial charge in [-0.3, -0.25) is 0 Å². The quantitative estimate of drug-likeness (QED) is 0.314. The fraction of sp³-hybridized carbons (Fsp3) is 0.333. The zero-order valence-electron chi connectivity index (χ0n) is 8.81. The molecule has 1 N–H and O–H groups in total. The van der Waals surface area contributed by atoms with Crippen molar-refractivity contribution in [2.24, 2.45) is 0 Å².